The molecular formula is C24H18F3N7O2. The number of hydrogen-bond acceptors (Lipinski definition) is 6. The highest BCUT2D eigenvalue weighted by Crippen LogP contribution is 2.26. The molecule has 0 aliphatic heterocycles. The van der Waals surface area contributed by atoms with Gasteiger partial charge < -0.3 is 10.1 Å². The summed E-state index contributed by atoms with van der Waals surface area (Å²) in [5.41, 5.74) is 3.77. The van der Waals surface area contributed by atoms with Crippen LogP contribution in [0.2, 0.25) is 0 Å². The molecule has 4 heterocycles. The number of anilines is 1. The summed E-state index contributed by atoms with van der Waals surface area (Å²) >= 11 is 0. The second kappa shape index (κ2) is 9.13. The molecule has 12 heteroatoms. The van der Waals surface area contributed by atoms with Crippen LogP contribution in [0.3, 0.4) is 0 Å². The standard InChI is InChI=1S/C24H18F3N7O2/c1-15-3-2-4-22(30-15)34-20(16-5-10-21-28-14-29-33(21)13-16)11-18(32-34)12-23(35)31-17-6-8-19(9-7-17)36-24(25,26)27/h2-11,13-14H,12H2,1H3,(H,31,35). The van der Waals surface area contributed by atoms with Gasteiger partial charge in [-0.3, -0.25) is 4.79 Å². The van der Waals surface area contributed by atoms with Crippen LogP contribution in [0.15, 0.2) is 73.2 Å². The normalized spacial score (nSPS) is 11.6. The number of aromatic nitrogens is 6. The minimum absolute atomic E-state index is 0.0712. The molecule has 1 aromatic carbocycles. The molecule has 0 unspecified atom stereocenters. The van der Waals surface area contributed by atoms with E-state index in [2.05, 4.69) is 30.2 Å². The summed E-state index contributed by atoms with van der Waals surface area (Å²) in [5.74, 6) is -0.186. The molecule has 0 saturated carbocycles. The van der Waals surface area contributed by atoms with Gasteiger partial charge in [-0.1, -0.05) is 6.07 Å². The average molecular weight is 493 g/mol. The number of pyridine rings is 2. The Morgan fingerprint density at radius 1 is 1.08 bits per heavy atom. The summed E-state index contributed by atoms with van der Waals surface area (Å²) < 4.78 is 44.2. The van der Waals surface area contributed by atoms with Gasteiger partial charge in [-0.25, -0.2) is 19.2 Å². The van der Waals surface area contributed by atoms with Gasteiger partial charge in [-0.15, -0.1) is 13.2 Å². The zero-order valence-electron chi connectivity index (χ0n) is 18.8. The lowest BCUT2D eigenvalue weighted by Crippen LogP contribution is -2.17. The van der Waals surface area contributed by atoms with Crippen LogP contribution in [0.4, 0.5) is 18.9 Å². The van der Waals surface area contributed by atoms with Gasteiger partial charge in [0.2, 0.25) is 5.91 Å². The van der Waals surface area contributed by atoms with Crippen LogP contribution in [-0.4, -0.2) is 41.6 Å². The summed E-state index contributed by atoms with van der Waals surface area (Å²) in [7, 11) is 0. The quantitative estimate of drug-likeness (QED) is 0.377. The predicted octanol–water partition coefficient (Wildman–Crippen LogP) is 4.37. The molecule has 9 nitrogen and oxygen atoms in total. The van der Waals surface area contributed by atoms with Gasteiger partial charge in [0.1, 0.15) is 12.1 Å². The van der Waals surface area contributed by atoms with Gasteiger partial charge in [0.05, 0.1) is 17.8 Å². The number of carbonyl (C=O) groups is 1. The number of hydrogen-bond donors (Lipinski definition) is 1. The highest BCUT2D eigenvalue weighted by atomic mass is 19.4. The summed E-state index contributed by atoms with van der Waals surface area (Å²) in [6.07, 6.45) is -1.60. The average Bonchev–Trinajstić information content (AvgIpc) is 3.46. The third-order valence-electron chi connectivity index (χ3n) is 5.13. The van der Waals surface area contributed by atoms with Crippen LogP contribution in [-0.2, 0) is 11.2 Å². The maximum atomic E-state index is 12.7. The van der Waals surface area contributed by atoms with E-state index >= 15 is 0 Å². The fourth-order valence-electron chi connectivity index (χ4n) is 3.62. The Morgan fingerprint density at radius 3 is 2.64 bits per heavy atom. The van der Waals surface area contributed by atoms with Crippen molar-refractivity contribution in [3.63, 3.8) is 0 Å². The number of ether oxygens (including phenoxy) is 1. The van der Waals surface area contributed by atoms with Gasteiger partial charge in [-0.2, -0.15) is 10.2 Å². The highest BCUT2D eigenvalue weighted by molar-refractivity contribution is 5.92. The number of alkyl halides is 3. The van der Waals surface area contributed by atoms with Crippen molar-refractivity contribution in [3.05, 3.63) is 84.6 Å². The molecule has 1 N–H and O–H groups in total. The monoisotopic (exact) mass is 493 g/mol. The van der Waals surface area contributed by atoms with Crippen LogP contribution in [0.25, 0.3) is 22.7 Å². The number of aryl methyl sites for hydroxylation is 1. The van der Waals surface area contributed by atoms with Crippen molar-refractivity contribution in [2.75, 3.05) is 5.32 Å². The number of nitrogens with zero attached hydrogens (tertiary/aromatic N) is 6. The summed E-state index contributed by atoms with van der Waals surface area (Å²) in [4.78, 5) is 21.4. The first kappa shape index (κ1) is 23.0. The maximum absolute atomic E-state index is 12.7. The molecule has 182 valence electrons. The van der Waals surface area contributed by atoms with E-state index in [4.69, 9.17) is 0 Å². The van der Waals surface area contributed by atoms with Crippen molar-refractivity contribution in [2.24, 2.45) is 0 Å². The minimum atomic E-state index is -4.79. The SMILES string of the molecule is Cc1cccc(-n2nc(CC(=O)Nc3ccc(OC(F)(F)F)cc3)cc2-c2ccc3ncnn3c2)n1. The lowest BCUT2D eigenvalue weighted by Gasteiger charge is -2.09. The predicted molar refractivity (Wildman–Crippen MR) is 124 cm³/mol. The molecule has 0 saturated heterocycles. The lowest BCUT2D eigenvalue weighted by atomic mass is 10.1. The van der Waals surface area contributed by atoms with E-state index in [1.54, 1.807) is 21.5 Å². The topological polar surface area (TPSA) is 99.2 Å². The Labute approximate surface area is 202 Å². The molecular weight excluding hydrogens is 475 g/mol. The number of halogens is 3. The lowest BCUT2D eigenvalue weighted by molar-refractivity contribution is -0.274. The fourth-order valence-corrected chi connectivity index (χ4v) is 3.62. The largest absolute Gasteiger partial charge is 0.573 e. The van der Waals surface area contributed by atoms with Crippen LogP contribution >= 0.6 is 0 Å². The van der Waals surface area contributed by atoms with Crippen LogP contribution in [0, 0.1) is 6.92 Å². The molecule has 0 aliphatic carbocycles. The number of rotatable bonds is 6. The highest BCUT2D eigenvalue weighted by Gasteiger charge is 2.31. The van der Waals surface area contributed by atoms with Crippen LogP contribution in [0.1, 0.15) is 11.4 Å². The Kier molecular flexibility index (Phi) is 5.84. The zero-order chi connectivity index (χ0) is 25.3. The second-order valence-corrected chi connectivity index (χ2v) is 7.85. The molecule has 5 rings (SSSR count). The molecule has 36 heavy (non-hydrogen) atoms. The van der Waals surface area contributed by atoms with Gasteiger partial charge in [0.25, 0.3) is 0 Å². The molecule has 0 aliphatic rings. The maximum Gasteiger partial charge on any atom is 0.573 e. The summed E-state index contributed by atoms with van der Waals surface area (Å²) in [6.45, 7) is 1.87. The molecule has 0 radical (unpaired) electrons. The molecule has 1 amide bonds. The number of benzene rings is 1. The Bertz CT molecular complexity index is 1540. The van der Waals surface area contributed by atoms with Crippen molar-refractivity contribution in [3.8, 4) is 22.8 Å². The van der Waals surface area contributed by atoms with E-state index in [1.165, 1.54) is 18.5 Å². The minimum Gasteiger partial charge on any atom is -0.406 e. The smallest absolute Gasteiger partial charge is 0.406 e. The van der Waals surface area contributed by atoms with Crippen LogP contribution < -0.4 is 10.1 Å². The van der Waals surface area contributed by atoms with Crippen LogP contribution in [0.5, 0.6) is 5.75 Å². The summed E-state index contributed by atoms with van der Waals surface area (Å²) in [5, 5.41) is 11.4. The van der Waals surface area contributed by atoms with E-state index in [-0.39, 0.29) is 18.1 Å². The molecule has 0 atom stereocenters. The van der Waals surface area contributed by atoms with Crippen molar-refractivity contribution in [1.29, 1.82) is 0 Å². The van der Waals surface area contributed by atoms with Crippen molar-refractivity contribution >= 4 is 17.2 Å². The van der Waals surface area contributed by atoms with Crippen molar-refractivity contribution in [2.45, 2.75) is 19.7 Å². The first-order valence-electron chi connectivity index (χ1n) is 10.7. The third kappa shape index (κ3) is 5.17. The Balaban J connectivity index is 1.40. The second-order valence-electron chi connectivity index (χ2n) is 7.85. The molecule has 4 aromatic heterocycles. The number of amides is 1. The van der Waals surface area contributed by atoms with E-state index in [1.807, 2.05) is 37.3 Å². The molecule has 0 bridgehead atoms. The zero-order valence-corrected chi connectivity index (χ0v) is 18.8. The third-order valence-corrected chi connectivity index (χ3v) is 5.13. The van der Waals surface area contributed by atoms with E-state index in [0.29, 0.717) is 28.5 Å². The first-order valence-corrected chi connectivity index (χ1v) is 10.7. The number of nitrogens with one attached hydrogen (secondary N) is 1. The number of fused-ring (bicyclic) bond motifs is 1. The Morgan fingerprint density at radius 2 is 1.89 bits per heavy atom. The fraction of sp³-hybridized carbons (Fsp3) is 0.125. The number of carbonyl (C=O) groups excluding carboxylic acids is 1. The van der Waals surface area contributed by atoms with Gasteiger partial charge in [0, 0.05) is 23.1 Å². The van der Waals surface area contributed by atoms with Crippen molar-refractivity contribution in [1.82, 2.24) is 29.4 Å². The Hall–Kier alpha value is -4.74. The van der Waals surface area contributed by atoms with E-state index < -0.39 is 6.36 Å². The van der Waals surface area contributed by atoms with Gasteiger partial charge in [0.15, 0.2) is 11.5 Å². The molecule has 5 aromatic rings. The first-order chi connectivity index (χ1) is 17.2. The molecule has 0 fully saturated rings. The summed E-state index contributed by atoms with van der Waals surface area (Å²) in [6, 6.07) is 15.9. The van der Waals surface area contributed by atoms with Gasteiger partial charge in [-0.05, 0) is 61.5 Å². The van der Waals surface area contributed by atoms with Crippen molar-refractivity contribution < 1.29 is 22.7 Å². The van der Waals surface area contributed by atoms with E-state index in [0.717, 1.165) is 23.4 Å². The van der Waals surface area contributed by atoms with Gasteiger partial charge >= 0.3 is 6.36 Å². The van der Waals surface area contributed by atoms with E-state index in [9.17, 15) is 18.0 Å². The molecule has 0 spiro atoms.